The summed E-state index contributed by atoms with van der Waals surface area (Å²) in [6.45, 7) is 4.20. The molecule has 1 N–H and O–H groups in total. The van der Waals surface area contributed by atoms with Gasteiger partial charge in [-0.05, 0) is 36.8 Å². The highest BCUT2D eigenvalue weighted by atomic mass is 79.9. The molecular formula is C18H18BrN3O. The molecule has 1 heterocycles. The van der Waals surface area contributed by atoms with Crippen molar-refractivity contribution in [3.8, 4) is 0 Å². The van der Waals surface area contributed by atoms with Gasteiger partial charge >= 0.3 is 0 Å². The standard InChI is InChI=1S/C18H18BrN3O/c1-12(20-13(2)23)18-21-16-5-3-4-6-17(16)22(18)11-14-7-9-15(19)10-8-14/h3-10,12H,11H2,1-2H3,(H,20,23). The van der Waals surface area contributed by atoms with Crippen LogP contribution in [-0.4, -0.2) is 15.5 Å². The molecule has 3 rings (SSSR count). The van der Waals surface area contributed by atoms with Gasteiger partial charge in [0.2, 0.25) is 5.91 Å². The molecule has 2 aromatic carbocycles. The Bertz CT molecular complexity index is 839. The quantitative estimate of drug-likeness (QED) is 0.751. The van der Waals surface area contributed by atoms with Gasteiger partial charge in [-0.3, -0.25) is 4.79 Å². The lowest BCUT2D eigenvalue weighted by Crippen LogP contribution is -2.26. The number of imidazole rings is 1. The summed E-state index contributed by atoms with van der Waals surface area (Å²) in [5, 5.41) is 2.93. The van der Waals surface area contributed by atoms with Crippen LogP contribution in [0.3, 0.4) is 0 Å². The zero-order valence-corrected chi connectivity index (χ0v) is 14.7. The van der Waals surface area contributed by atoms with E-state index in [1.54, 1.807) is 0 Å². The molecule has 0 saturated heterocycles. The predicted molar refractivity (Wildman–Crippen MR) is 95.2 cm³/mol. The molecule has 0 aliphatic heterocycles. The van der Waals surface area contributed by atoms with Crippen LogP contribution in [0.5, 0.6) is 0 Å². The first-order valence-corrected chi connectivity index (χ1v) is 8.30. The number of nitrogens with one attached hydrogen (secondary N) is 1. The molecule has 1 amide bonds. The van der Waals surface area contributed by atoms with Gasteiger partial charge in [-0.15, -0.1) is 0 Å². The minimum atomic E-state index is -0.143. The van der Waals surface area contributed by atoms with Crippen LogP contribution in [0.1, 0.15) is 31.3 Å². The third kappa shape index (κ3) is 3.45. The molecule has 5 heteroatoms. The molecule has 0 fully saturated rings. The Morgan fingerprint density at radius 2 is 1.91 bits per heavy atom. The van der Waals surface area contributed by atoms with Crippen molar-refractivity contribution in [3.05, 3.63) is 64.4 Å². The van der Waals surface area contributed by atoms with E-state index >= 15 is 0 Å². The average Bonchev–Trinajstić information content (AvgIpc) is 2.88. The van der Waals surface area contributed by atoms with Gasteiger partial charge in [0.25, 0.3) is 0 Å². The molecule has 0 aliphatic carbocycles. The minimum absolute atomic E-state index is 0.0558. The van der Waals surface area contributed by atoms with Crippen LogP contribution in [0.4, 0.5) is 0 Å². The summed E-state index contributed by atoms with van der Waals surface area (Å²) >= 11 is 3.46. The second kappa shape index (κ2) is 6.54. The van der Waals surface area contributed by atoms with Gasteiger partial charge in [-0.1, -0.05) is 40.2 Å². The molecule has 4 nitrogen and oxygen atoms in total. The Morgan fingerprint density at radius 3 is 2.61 bits per heavy atom. The molecule has 118 valence electrons. The molecule has 23 heavy (non-hydrogen) atoms. The minimum Gasteiger partial charge on any atom is -0.347 e. The van der Waals surface area contributed by atoms with Gasteiger partial charge in [0, 0.05) is 17.9 Å². The van der Waals surface area contributed by atoms with E-state index in [2.05, 4.69) is 44.0 Å². The number of rotatable bonds is 4. The zero-order chi connectivity index (χ0) is 16.4. The van der Waals surface area contributed by atoms with Crippen molar-refractivity contribution in [2.45, 2.75) is 26.4 Å². The molecule has 1 aromatic heterocycles. The van der Waals surface area contributed by atoms with Gasteiger partial charge in [0.1, 0.15) is 5.82 Å². The van der Waals surface area contributed by atoms with Gasteiger partial charge < -0.3 is 9.88 Å². The normalized spacial score (nSPS) is 12.3. The monoisotopic (exact) mass is 371 g/mol. The molecular weight excluding hydrogens is 354 g/mol. The van der Waals surface area contributed by atoms with Crippen molar-refractivity contribution >= 4 is 32.9 Å². The van der Waals surface area contributed by atoms with E-state index in [0.29, 0.717) is 6.54 Å². The Hall–Kier alpha value is -2.14. The first kappa shape index (κ1) is 15.7. The smallest absolute Gasteiger partial charge is 0.217 e. The fourth-order valence-corrected chi connectivity index (χ4v) is 3.00. The van der Waals surface area contributed by atoms with Gasteiger partial charge in [0.15, 0.2) is 0 Å². The van der Waals surface area contributed by atoms with Crippen LogP contribution in [0, 0.1) is 0 Å². The fraction of sp³-hybridized carbons (Fsp3) is 0.222. The SMILES string of the molecule is CC(=O)NC(C)c1nc2ccccc2n1Cc1ccc(Br)cc1. The maximum atomic E-state index is 11.4. The number of benzene rings is 2. The number of amides is 1. The zero-order valence-electron chi connectivity index (χ0n) is 13.1. The third-order valence-electron chi connectivity index (χ3n) is 3.75. The lowest BCUT2D eigenvalue weighted by Gasteiger charge is -2.15. The molecule has 0 saturated carbocycles. The van der Waals surface area contributed by atoms with Crippen molar-refractivity contribution in [2.75, 3.05) is 0 Å². The first-order chi connectivity index (χ1) is 11.0. The third-order valence-corrected chi connectivity index (χ3v) is 4.27. The second-order valence-corrected chi connectivity index (χ2v) is 6.51. The molecule has 0 bridgehead atoms. The molecule has 0 spiro atoms. The first-order valence-electron chi connectivity index (χ1n) is 7.51. The largest absolute Gasteiger partial charge is 0.347 e. The van der Waals surface area contributed by atoms with Crippen LogP contribution >= 0.6 is 15.9 Å². The molecule has 3 aromatic rings. The highest BCUT2D eigenvalue weighted by molar-refractivity contribution is 9.10. The van der Waals surface area contributed by atoms with Crippen molar-refractivity contribution < 1.29 is 4.79 Å². The van der Waals surface area contributed by atoms with Crippen molar-refractivity contribution in [2.24, 2.45) is 0 Å². The van der Waals surface area contributed by atoms with Crippen molar-refractivity contribution in [3.63, 3.8) is 0 Å². The Balaban J connectivity index is 2.05. The number of hydrogen-bond donors (Lipinski definition) is 1. The number of carbonyl (C=O) groups is 1. The molecule has 1 unspecified atom stereocenters. The van der Waals surface area contributed by atoms with Crippen LogP contribution in [0.2, 0.25) is 0 Å². The number of fused-ring (bicyclic) bond motifs is 1. The van der Waals surface area contributed by atoms with Gasteiger partial charge in [-0.2, -0.15) is 0 Å². The van der Waals surface area contributed by atoms with Crippen LogP contribution < -0.4 is 5.32 Å². The highest BCUT2D eigenvalue weighted by Crippen LogP contribution is 2.22. The lowest BCUT2D eigenvalue weighted by molar-refractivity contribution is -0.119. The summed E-state index contributed by atoms with van der Waals surface area (Å²) in [6.07, 6.45) is 0. The maximum Gasteiger partial charge on any atom is 0.217 e. The van der Waals surface area contributed by atoms with E-state index in [4.69, 9.17) is 4.98 Å². The summed E-state index contributed by atoms with van der Waals surface area (Å²) in [7, 11) is 0. The predicted octanol–water partition coefficient (Wildman–Crippen LogP) is 4.04. The average molecular weight is 372 g/mol. The van der Waals surface area contributed by atoms with Gasteiger partial charge in [-0.25, -0.2) is 4.98 Å². The summed E-state index contributed by atoms with van der Waals surface area (Å²) in [4.78, 5) is 16.1. The van der Waals surface area contributed by atoms with E-state index in [-0.39, 0.29) is 11.9 Å². The van der Waals surface area contributed by atoms with Crippen LogP contribution in [-0.2, 0) is 11.3 Å². The molecule has 1 atom stereocenters. The summed E-state index contributed by atoms with van der Waals surface area (Å²) in [6, 6.07) is 16.1. The summed E-state index contributed by atoms with van der Waals surface area (Å²) in [5.74, 6) is 0.809. The fourth-order valence-electron chi connectivity index (χ4n) is 2.73. The van der Waals surface area contributed by atoms with Crippen molar-refractivity contribution in [1.29, 1.82) is 0 Å². The van der Waals surface area contributed by atoms with Gasteiger partial charge in [0.05, 0.1) is 17.1 Å². The van der Waals surface area contributed by atoms with E-state index in [1.807, 2.05) is 37.3 Å². The number of aromatic nitrogens is 2. The molecule has 0 aliphatic rings. The topological polar surface area (TPSA) is 46.9 Å². The number of nitrogens with zero attached hydrogens (tertiary/aromatic N) is 2. The Labute approximate surface area is 143 Å². The number of carbonyl (C=O) groups excluding carboxylic acids is 1. The highest BCUT2D eigenvalue weighted by Gasteiger charge is 2.17. The van der Waals surface area contributed by atoms with E-state index in [0.717, 1.165) is 21.3 Å². The number of para-hydroxylation sites is 2. The Kier molecular flexibility index (Phi) is 4.48. The van der Waals surface area contributed by atoms with E-state index in [1.165, 1.54) is 12.5 Å². The van der Waals surface area contributed by atoms with Crippen LogP contribution in [0.25, 0.3) is 11.0 Å². The van der Waals surface area contributed by atoms with E-state index < -0.39 is 0 Å². The van der Waals surface area contributed by atoms with E-state index in [9.17, 15) is 4.79 Å². The number of halogens is 1. The Morgan fingerprint density at radius 1 is 1.22 bits per heavy atom. The summed E-state index contributed by atoms with van der Waals surface area (Å²) in [5.41, 5.74) is 3.20. The number of hydrogen-bond acceptors (Lipinski definition) is 2. The summed E-state index contributed by atoms with van der Waals surface area (Å²) < 4.78 is 3.22. The van der Waals surface area contributed by atoms with Crippen LogP contribution in [0.15, 0.2) is 53.0 Å². The lowest BCUT2D eigenvalue weighted by atomic mass is 10.2. The molecule has 0 radical (unpaired) electrons. The second-order valence-electron chi connectivity index (χ2n) is 5.59. The maximum absolute atomic E-state index is 11.4. The van der Waals surface area contributed by atoms with Crippen molar-refractivity contribution in [1.82, 2.24) is 14.9 Å².